The maximum absolute atomic E-state index is 12.3. The first-order valence-electron chi connectivity index (χ1n) is 7.80. The van der Waals surface area contributed by atoms with Crippen molar-refractivity contribution in [3.63, 3.8) is 0 Å². The van der Waals surface area contributed by atoms with E-state index in [0.717, 1.165) is 25.7 Å². The first-order valence-corrected chi connectivity index (χ1v) is 7.80. The number of aromatic nitrogens is 2. The summed E-state index contributed by atoms with van der Waals surface area (Å²) in [6.07, 6.45) is 9.64. The van der Waals surface area contributed by atoms with Crippen LogP contribution in [0.4, 0.5) is 0 Å². The van der Waals surface area contributed by atoms with Crippen molar-refractivity contribution in [1.82, 2.24) is 15.5 Å². The smallest absolute Gasteiger partial charge is 0.223 e. The molecule has 2 saturated carbocycles. The molecule has 2 aliphatic rings. The normalized spacial score (nSPS) is 22.2. The van der Waals surface area contributed by atoms with Gasteiger partial charge < -0.3 is 9.84 Å². The van der Waals surface area contributed by atoms with E-state index in [0.29, 0.717) is 24.1 Å². The van der Waals surface area contributed by atoms with Crippen LogP contribution in [-0.2, 0) is 10.3 Å². The topological polar surface area (TPSA) is 68.0 Å². The van der Waals surface area contributed by atoms with E-state index in [1.807, 2.05) is 0 Å². The predicted octanol–water partition coefficient (Wildman–Crippen LogP) is 2.84. The van der Waals surface area contributed by atoms with Gasteiger partial charge in [-0.05, 0) is 31.6 Å². The summed E-state index contributed by atoms with van der Waals surface area (Å²) in [6.45, 7) is 1.79. The van der Waals surface area contributed by atoms with E-state index in [1.54, 1.807) is 6.92 Å². The van der Waals surface area contributed by atoms with Gasteiger partial charge in [0, 0.05) is 13.3 Å². The molecular weight excluding hydrogens is 254 g/mol. The van der Waals surface area contributed by atoms with Gasteiger partial charge in [0.25, 0.3) is 0 Å². The zero-order chi connectivity index (χ0) is 14.0. The molecule has 1 amide bonds. The number of aryl methyl sites for hydroxylation is 1. The minimum absolute atomic E-state index is 0.154. The average molecular weight is 277 g/mol. The third-order valence-electron chi connectivity index (χ3n) is 4.74. The lowest BCUT2D eigenvalue weighted by atomic mass is 9.95. The standard InChI is InChI=1S/C15H23N3O2/c1-11-16-14(18-20-11)15(8-4-5-9-15)17-13(19)10-12-6-2-3-7-12/h12H,2-10H2,1H3,(H,17,19). The first-order chi connectivity index (χ1) is 9.68. The molecule has 5 heteroatoms. The molecule has 2 aliphatic carbocycles. The molecule has 0 unspecified atom stereocenters. The largest absolute Gasteiger partial charge is 0.343 e. The minimum Gasteiger partial charge on any atom is -0.343 e. The molecule has 1 aromatic heterocycles. The molecule has 0 aromatic carbocycles. The second-order valence-electron chi connectivity index (χ2n) is 6.33. The Morgan fingerprint density at radius 1 is 1.30 bits per heavy atom. The molecule has 0 aliphatic heterocycles. The molecule has 3 rings (SSSR count). The van der Waals surface area contributed by atoms with Crippen molar-refractivity contribution in [2.45, 2.75) is 70.3 Å². The zero-order valence-electron chi connectivity index (χ0n) is 12.2. The molecule has 1 aromatic rings. The lowest BCUT2D eigenvalue weighted by Crippen LogP contribution is -2.45. The Hall–Kier alpha value is -1.39. The van der Waals surface area contributed by atoms with Crippen LogP contribution in [0.1, 0.15) is 69.5 Å². The maximum Gasteiger partial charge on any atom is 0.223 e. The van der Waals surface area contributed by atoms with Crippen molar-refractivity contribution in [3.8, 4) is 0 Å². The summed E-state index contributed by atoms with van der Waals surface area (Å²) in [5, 5.41) is 7.28. The molecule has 2 fully saturated rings. The second kappa shape index (κ2) is 5.54. The summed E-state index contributed by atoms with van der Waals surface area (Å²) in [5.74, 6) is 1.95. The van der Waals surface area contributed by atoms with E-state index in [4.69, 9.17) is 4.52 Å². The fourth-order valence-electron chi connectivity index (χ4n) is 3.67. The highest BCUT2D eigenvalue weighted by Crippen LogP contribution is 2.37. The highest BCUT2D eigenvalue weighted by molar-refractivity contribution is 5.77. The summed E-state index contributed by atoms with van der Waals surface area (Å²) in [4.78, 5) is 16.7. The van der Waals surface area contributed by atoms with Gasteiger partial charge >= 0.3 is 0 Å². The fraction of sp³-hybridized carbons (Fsp3) is 0.800. The molecule has 0 saturated heterocycles. The van der Waals surface area contributed by atoms with Crippen molar-refractivity contribution in [3.05, 3.63) is 11.7 Å². The fourth-order valence-corrected chi connectivity index (χ4v) is 3.67. The average Bonchev–Trinajstić information content (AvgIpc) is 3.11. The Bertz CT molecular complexity index is 471. The number of rotatable bonds is 4. The van der Waals surface area contributed by atoms with Gasteiger partial charge in [0.1, 0.15) is 5.54 Å². The molecule has 0 spiro atoms. The molecule has 110 valence electrons. The maximum atomic E-state index is 12.3. The number of carbonyl (C=O) groups is 1. The van der Waals surface area contributed by atoms with E-state index < -0.39 is 0 Å². The summed E-state index contributed by atoms with van der Waals surface area (Å²) >= 11 is 0. The van der Waals surface area contributed by atoms with Gasteiger partial charge in [-0.1, -0.05) is 30.8 Å². The molecule has 20 heavy (non-hydrogen) atoms. The molecule has 1 N–H and O–H groups in total. The van der Waals surface area contributed by atoms with Crippen molar-refractivity contribution in [2.75, 3.05) is 0 Å². The molecule has 0 radical (unpaired) electrons. The summed E-state index contributed by atoms with van der Waals surface area (Å²) in [7, 11) is 0. The summed E-state index contributed by atoms with van der Waals surface area (Å²) in [5.41, 5.74) is -0.382. The highest BCUT2D eigenvalue weighted by Gasteiger charge is 2.41. The number of nitrogens with zero attached hydrogens (tertiary/aromatic N) is 2. The SMILES string of the molecule is Cc1nc(C2(NC(=O)CC3CCCC3)CCCC2)no1. The van der Waals surface area contributed by atoms with Crippen LogP contribution in [0.15, 0.2) is 4.52 Å². The van der Waals surface area contributed by atoms with E-state index in [9.17, 15) is 4.79 Å². The number of amides is 1. The van der Waals surface area contributed by atoms with Gasteiger partial charge in [0.2, 0.25) is 11.8 Å². The summed E-state index contributed by atoms with van der Waals surface area (Å²) in [6, 6.07) is 0. The molecule has 0 atom stereocenters. The van der Waals surface area contributed by atoms with E-state index in [-0.39, 0.29) is 11.4 Å². The Labute approximate surface area is 119 Å². The van der Waals surface area contributed by atoms with Crippen LogP contribution in [0.2, 0.25) is 0 Å². The Morgan fingerprint density at radius 2 is 2.00 bits per heavy atom. The lowest BCUT2D eigenvalue weighted by Gasteiger charge is -2.27. The highest BCUT2D eigenvalue weighted by atomic mass is 16.5. The van der Waals surface area contributed by atoms with Crippen molar-refractivity contribution in [2.24, 2.45) is 5.92 Å². The number of carbonyl (C=O) groups excluding carboxylic acids is 1. The van der Waals surface area contributed by atoms with Crippen LogP contribution >= 0.6 is 0 Å². The molecular formula is C15H23N3O2. The molecule has 5 nitrogen and oxygen atoms in total. The minimum atomic E-state index is -0.382. The first kappa shape index (κ1) is 13.6. The third-order valence-corrected chi connectivity index (χ3v) is 4.74. The van der Waals surface area contributed by atoms with Gasteiger partial charge in [0.15, 0.2) is 5.82 Å². The van der Waals surface area contributed by atoms with Crippen molar-refractivity contribution < 1.29 is 9.32 Å². The van der Waals surface area contributed by atoms with Gasteiger partial charge in [-0.3, -0.25) is 4.79 Å². The Balaban J connectivity index is 1.69. The molecule has 0 bridgehead atoms. The lowest BCUT2D eigenvalue weighted by molar-refractivity contribution is -0.124. The number of hydrogen-bond donors (Lipinski definition) is 1. The van der Waals surface area contributed by atoms with Gasteiger partial charge in [-0.25, -0.2) is 0 Å². The van der Waals surface area contributed by atoms with Crippen LogP contribution < -0.4 is 5.32 Å². The van der Waals surface area contributed by atoms with Crippen LogP contribution in [0.5, 0.6) is 0 Å². The predicted molar refractivity (Wildman–Crippen MR) is 73.9 cm³/mol. The molecule has 1 heterocycles. The summed E-state index contributed by atoms with van der Waals surface area (Å²) < 4.78 is 5.10. The Kier molecular flexibility index (Phi) is 3.76. The van der Waals surface area contributed by atoms with Crippen molar-refractivity contribution >= 4 is 5.91 Å². The van der Waals surface area contributed by atoms with Gasteiger partial charge in [0.05, 0.1) is 0 Å². The third kappa shape index (κ3) is 2.72. The van der Waals surface area contributed by atoms with Crippen LogP contribution in [-0.4, -0.2) is 16.0 Å². The number of nitrogens with one attached hydrogen (secondary N) is 1. The van der Waals surface area contributed by atoms with E-state index in [2.05, 4.69) is 15.5 Å². The van der Waals surface area contributed by atoms with E-state index >= 15 is 0 Å². The van der Waals surface area contributed by atoms with E-state index in [1.165, 1.54) is 25.7 Å². The number of hydrogen-bond acceptors (Lipinski definition) is 4. The monoisotopic (exact) mass is 277 g/mol. The van der Waals surface area contributed by atoms with Crippen molar-refractivity contribution in [1.29, 1.82) is 0 Å². The Morgan fingerprint density at radius 3 is 2.60 bits per heavy atom. The zero-order valence-corrected chi connectivity index (χ0v) is 12.2. The second-order valence-corrected chi connectivity index (χ2v) is 6.33. The van der Waals surface area contributed by atoms with Crippen LogP contribution in [0.3, 0.4) is 0 Å². The van der Waals surface area contributed by atoms with Gasteiger partial charge in [-0.15, -0.1) is 0 Å². The van der Waals surface area contributed by atoms with Crippen LogP contribution in [0.25, 0.3) is 0 Å². The van der Waals surface area contributed by atoms with Crippen LogP contribution in [0, 0.1) is 12.8 Å². The quantitative estimate of drug-likeness (QED) is 0.919. The van der Waals surface area contributed by atoms with Gasteiger partial charge in [-0.2, -0.15) is 4.98 Å².